The molecule has 0 aromatic heterocycles. The van der Waals surface area contributed by atoms with Crippen molar-refractivity contribution in [2.45, 2.75) is 34.1 Å². The van der Waals surface area contributed by atoms with Gasteiger partial charge in [0.05, 0.1) is 26.0 Å². The van der Waals surface area contributed by atoms with Gasteiger partial charge >= 0.3 is 13.6 Å². The molecule has 6 heteroatoms. The van der Waals surface area contributed by atoms with Crippen LogP contribution < -0.4 is 0 Å². The van der Waals surface area contributed by atoms with Gasteiger partial charge in [-0.2, -0.15) is 0 Å². The minimum Gasteiger partial charge on any atom is -0.462 e. The zero-order valence-electron chi connectivity index (χ0n) is 12.3. The minimum absolute atomic E-state index is 0.0851. The Labute approximate surface area is 115 Å². The fourth-order valence-electron chi connectivity index (χ4n) is 1.49. The number of ether oxygens (including phenoxy) is 1. The lowest BCUT2D eigenvalue weighted by Crippen LogP contribution is -2.13. The molecule has 0 N–H and O–H groups in total. The van der Waals surface area contributed by atoms with Crippen LogP contribution >= 0.6 is 7.60 Å². The molecule has 0 aromatic carbocycles. The molecule has 19 heavy (non-hydrogen) atoms. The van der Waals surface area contributed by atoms with E-state index in [0.717, 1.165) is 0 Å². The normalized spacial score (nSPS) is 13.1. The Bertz CT molecular complexity index is 330. The van der Waals surface area contributed by atoms with Gasteiger partial charge in [0.2, 0.25) is 0 Å². The maximum atomic E-state index is 12.3. The molecule has 0 aliphatic rings. The molecule has 0 amide bonds. The van der Waals surface area contributed by atoms with Gasteiger partial charge < -0.3 is 13.8 Å². The zero-order chi connectivity index (χ0) is 14.9. The third-order valence-electron chi connectivity index (χ3n) is 2.38. The van der Waals surface area contributed by atoms with E-state index in [-0.39, 0.29) is 12.5 Å². The van der Waals surface area contributed by atoms with Crippen molar-refractivity contribution in [3.05, 3.63) is 12.2 Å². The van der Waals surface area contributed by atoms with Crippen LogP contribution in [0.3, 0.4) is 0 Å². The SMILES string of the molecule is C=C(C)C(=O)OCCC(C)CP(=O)(OCC)OCC. The molecule has 5 nitrogen and oxygen atoms in total. The van der Waals surface area contributed by atoms with Crippen molar-refractivity contribution in [1.82, 2.24) is 0 Å². The predicted molar refractivity (Wildman–Crippen MR) is 75.3 cm³/mol. The number of hydrogen-bond acceptors (Lipinski definition) is 5. The molecule has 0 aromatic rings. The van der Waals surface area contributed by atoms with Crippen LogP contribution in [0.4, 0.5) is 0 Å². The highest BCUT2D eigenvalue weighted by molar-refractivity contribution is 7.53. The lowest BCUT2D eigenvalue weighted by molar-refractivity contribution is -0.139. The topological polar surface area (TPSA) is 61.8 Å². The van der Waals surface area contributed by atoms with E-state index in [1.807, 2.05) is 6.92 Å². The van der Waals surface area contributed by atoms with E-state index in [9.17, 15) is 9.36 Å². The highest BCUT2D eigenvalue weighted by atomic mass is 31.2. The molecule has 0 aliphatic heterocycles. The summed E-state index contributed by atoms with van der Waals surface area (Å²) in [6.45, 7) is 11.6. The van der Waals surface area contributed by atoms with Crippen molar-refractivity contribution in [1.29, 1.82) is 0 Å². The molecule has 0 rings (SSSR count). The lowest BCUT2D eigenvalue weighted by Gasteiger charge is -2.20. The van der Waals surface area contributed by atoms with Crippen LogP contribution in [0.1, 0.15) is 34.1 Å². The van der Waals surface area contributed by atoms with E-state index < -0.39 is 13.6 Å². The van der Waals surface area contributed by atoms with Gasteiger partial charge in [0.1, 0.15) is 0 Å². The van der Waals surface area contributed by atoms with Gasteiger partial charge in [-0.15, -0.1) is 0 Å². The van der Waals surface area contributed by atoms with Crippen molar-refractivity contribution in [2.75, 3.05) is 26.0 Å². The van der Waals surface area contributed by atoms with Crippen molar-refractivity contribution in [2.24, 2.45) is 5.92 Å². The third kappa shape index (κ3) is 8.19. The van der Waals surface area contributed by atoms with Crippen LogP contribution in [0.2, 0.25) is 0 Å². The molecule has 1 unspecified atom stereocenters. The Kier molecular flexibility index (Phi) is 8.98. The van der Waals surface area contributed by atoms with Crippen LogP contribution in [-0.2, 0) is 23.1 Å². The summed E-state index contributed by atoms with van der Waals surface area (Å²) >= 11 is 0. The molecule has 0 spiro atoms. The number of rotatable bonds is 10. The van der Waals surface area contributed by atoms with E-state index in [2.05, 4.69) is 6.58 Å². The molecule has 0 saturated carbocycles. The van der Waals surface area contributed by atoms with Crippen LogP contribution in [0.15, 0.2) is 12.2 Å². The Hall–Kier alpha value is -0.640. The highest BCUT2D eigenvalue weighted by Crippen LogP contribution is 2.49. The zero-order valence-corrected chi connectivity index (χ0v) is 13.2. The van der Waals surface area contributed by atoms with Crippen LogP contribution in [0.5, 0.6) is 0 Å². The van der Waals surface area contributed by atoms with Gasteiger partial charge in [-0.1, -0.05) is 13.5 Å². The standard InChI is InChI=1S/C13H25O5P/c1-6-17-19(15,18-7-2)10-12(5)8-9-16-13(14)11(3)4/h12H,3,6-10H2,1-2,4-5H3. The second kappa shape index (κ2) is 9.29. The van der Waals surface area contributed by atoms with E-state index >= 15 is 0 Å². The second-order valence-corrected chi connectivity index (χ2v) is 6.54. The first kappa shape index (κ1) is 18.4. The van der Waals surface area contributed by atoms with Gasteiger partial charge in [-0.25, -0.2) is 4.79 Å². The van der Waals surface area contributed by atoms with Crippen molar-refractivity contribution in [3.63, 3.8) is 0 Å². The summed E-state index contributed by atoms with van der Waals surface area (Å²) in [5.74, 6) is -0.313. The van der Waals surface area contributed by atoms with E-state index in [1.54, 1.807) is 20.8 Å². The number of carbonyl (C=O) groups excluding carboxylic acids is 1. The molecule has 0 bridgehead atoms. The number of esters is 1. The van der Waals surface area contributed by atoms with E-state index in [4.69, 9.17) is 13.8 Å². The molecule has 0 radical (unpaired) electrons. The van der Waals surface area contributed by atoms with Gasteiger partial charge in [-0.3, -0.25) is 4.57 Å². The maximum Gasteiger partial charge on any atom is 0.333 e. The van der Waals surface area contributed by atoms with Crippen molar-refractivity contribution >= 4 is 13.6 Å². The van der Waals surface area contributed by atoms with E-state index in [1.165, 1.54) is 0 Å². The molecular formula is C13H25O5P. The minimum atomic E-state index is -3.02. The van der Waals surface area contributed by atoms with Gasteiger partial charge in [0, 0.05) is 5.57 Å². The first-order valence-corrected chi connectivity index (χ1v) is 8.28. The van der Waals surface area contributed by atoms with Crippen molar-refractivity contribution < 1.29 is 23.1 Å². The lowest BCUT2D eigenvalue weighted by atomic mass is 10.1. The summed E-state index contributed by atoms with van der Waals surface area (Å²) in [4.78, 5) is 11.2. The molecule has 112 valence electrons. The van der Waals surface area contributed by atoms with Crippen LogP contribution in [0.25, 0.3) is 0 Å². The third-order valence-corrected chi connectivity index (χ3v) is 4.75. The monoisotopic (exact) mass is 292 g/mol. The summed E-state index contributed by atoms with van der Waals surface area (Å²) in [6, 6.07) is 0. The van der Waals surface area contributed by atoms with Crippen molar-refractivity contribution in [3.8, 4) is 0 Å². The molecule has 0 aliphatic carbocycles. The molecule has 0 saturated heterocycles. The fourth-order valence-corrected chi connectivity index (χ4v) is 3.50. The molecular weight excluding hydrogens is 267 g/mol. The van der Waals surface area contributed by atoms with Gasteiger partial charge in [0.25, 0.3) is 0 Å². The maximum absolute atomic E-state index is 12.3. The van der Waals surface area contributed by atoms with Crippen LogP contribution in [-0.4, -0.2) is 32.0 Å². The Morgan fingerprint density at radius 1 is 1.26 bits per heavy atom. The average molecular weight is 292 g/mol. The van der Waals surface area contributed by atoms with Gasteiger partial charge in [0.15, 0.2) is 0 Å². The number of carbonyl (C=O) groups is 1. The largest absolute Gasteiger partial charge is 0.462 e. The second-order valence-electron chi connectivity index (χ2n) is 4.44. The number of hydrogen-bond donors (Lipinski definition) is 0. The summed E-state index contributed by atoms with van der Waals surface area (Å²) in [7, 11) is -3.02. The molecule has 0 fully saturated rings. The first-order chi connectivity index (χ1) is 8.84. The Morgan fingerprint density at radius 3 is 2.21 bits per heavy atom. The molecule has 1 atom stereocenters. The molecule has 0 heterocycles. The quantitative estimate of drug-likeness (QED) is 0.351. The average Bonchev–Trinajstić information content (AvgIpc) is 2.28. The first-order valence-electron chi connectivity index (χ1n) is 6.55. The highest BCUT2D eigenvalue weighted by Gasteiger charge is 2.26. The summed E-state index contributed by atoms with van der Waals surface area (Å²) < 4.78 is 27.7. The predicted octanol–water partition coefficient (Wildman–Crippen LogP) is 3.40. The summed E-state index contributed by atoms with van der Waals surface area (Å²) in [6.07, 6.45) is 0.947. The van der Waals surface area contributed by atoms with E-state index in [0.29, 0.717) is 31.4 Å². The fraction of sp³-hybridized carbons (Fsp3) is 0.769. The Balaban J connectivity index is 4.13. The smallest absolute Gasteiger partial charge is 0.333 e. The van der Waals surface area contributed by atoms with Crippen LogP contribution in [0, 0.1) is 5.92 Å². The summed E-state index contributed by atoms with van der Waals surface area (Å²) in [5.41, 5.74) is 0.377. The Morgan fingerprint density at radius 2 is 1.79 bits per heavy atom. The van der Waals surface area contributed by atoms with Gasteiger partial charge in [-0.05, 0) is 33.1 Å². The summed E-state index contributed by atoms with van der Waals surface area (Å²) in [5, 5.41) is 0.